The third-order valence-corrected chi connectivity index (χ3v) is 9.26. The molecule has 0 heterocycles. The zero-order chi connectivity index (χ0) is 38.4. The molecule has 0 saturated carbocycles. The van der Waals surface area contributed by atoms with E-state index in [0.717, 1.165) is 64.2 Å². The van der Waals surface area contributed by atoms with Gasteiger partial charge < -0.3 is 25.2 Å². The highest BCUT2D eigenvalue weighted by Crippen LogP contribution is 2.43. The monoisotopic (exact) mass is 756 g/mol. The van der Waals surface area contributed by atoms with Crippen molar-refractivity contribution in [2.24, 2.45) is 5.73 Å². The first-order chi connectivity index (χ1) is 25.2. The summed E-state index contributed by atoms with van der Waals surface area (Å²) in [6.07, 6.45) is 37.5. The number of phosphoric acid groups is 1. The first-order valence-corrected chi connectivity index (χ1v) is 21.7. The van der Waals surface area contributed by atoms with Gasteiger partial charge in [-0.15, -0.1) is 0 Å². The highest BCUT2D eigenvalue weighted by Gasteiger charge is 2.26. The van der Waals surface area contributed by atoms with Gasteiger partial charge in [0.25, 0.3) is 0 Å². The van der Waals surface area contributed by atoms with Crippen LogP contribution >= 0.6 is 7.82 Å². The maximum Gasteiger partial charge on any atom is 0.472 e. The number of hydrogen-bond donors (Lipinski definition) is 3. The van der Waals surface area contributed by atoms with Crippen LogP contribution in [0.15, 0.2) is 48.6 Å². The predicted molar refractivity (Wildman–Crippen MR) is 212 cm³/mol. The first-order valence-electron chi connectivity index (χ1n) is 20.2. The van der Waals surface area contributed by atoms with Crippen molar-refractivity contribution in [2.45, 2.75) is 174 Å². The topological polar surface area (TPSA) is 155 Å². The largest absolute Gasteiger partial charge is 0.472 e. The smallest absolute Gasteiger partial charge is 0.462 e. The third-order valence-electron chi connectivity index (χ3n) is 8.28. The lowest BCUT2D eigenvalue weighted by Crippen LogP contribution is -2.29. The molecule has 0 bridgehead atoms. The number of aliphatic hydroxyl groups is 1. The van der Waals surface area contributed by atoms with Crippen LogP contribution in [0.5, 0.6) is 0 Å². The molecule has 4 N–H and O–H groups in total. The summed E-state index contributed by atoms with van der Waals surface area (Å²) in [5.41, 5.74) is 5.33. The molecule has 0 spiro atoms. The number of phosphoric ester groups is 1. The van der Waals surface area contributed by atoms with Crippen molar-refractivity contribution in [3.05, 3.63) is 48.6 Å². The van der Waals surface area contributed by atoms with E-state index in [9.17, 15) is 24.2 Å². The lowest BCUT2D eigenvalue weighted by molar-refractivity contribution is -0.161. The van der Waals surface area contributed by atoms with Crippen LogP contribution in [0.3, 0.4) is 0 Å². The number of carbonyl (C=O) groups is 2. The SMILES string of the molecule is CC/C=C/CC(O)/C=C/C=C/CCCCCCCC(=O)O[C@H](COC(=O)CCCCCCCCC/C=C\CCCCCC)COP(=O)(O)OCCN. The van der Waals surface area contributed by atoms with E-state index in [1.807, 2.05) is 24.3 Å². The van der Waals surface area contributed by atoms with E-state index in [4.69, 9.17) is 24.3 Å². The summed E-state index contributed by atoms with van der Waals surface area (Å²) in [6.45, 7) is 3.44. The third kappa shape index (κ3) is 36.3. The number of aliphatic hydroxyl groups excluding tert-OH is 1. The molecule has 10 nitrogen and oxygen atoms in total. The van der Waals surface area contributed by atoms with Gasteiger partial charge in [0.15, 0.2) is 6.10 Å². The molecule has 2 unspecified atom stereocenters. The van der Waals surface area contributed by atoms with Crippen LogP contribution < -0.4 is 5.73 Å². The summed E-state index contributed by atoms with van der Waals surface area (Å²) < 4.78 is 32.7. The van der Waals surface area contributed by atoms with Gasteiger partial charge in [0, 0.05) is 19.4 Å². The molecule has 302 valence electrons. The fourth-order valence-electron chi connectivity index (χ4n) is 5.25. The predicted octanol–water partition coefficient (Wildman–Crippen LogP) is 10.1. The molecule has 11 heteroatoms. The van der Waals surface area contributed by atoms with E-state index in [-0.39, 0.29) is 32.6 Å². The molecule has 0 aromatic carbocycles. The summed E-state index contributed by atoms with van der Waals surface area (Å²) in [6, 6.07) is 0. The molecule has 0 saturated heterocycles. The second-order valence-corrected chi connectivity index (χ2v) is 14.8. The molecule has 52 heavy (non-hydrogen) atoms. The number of nitrogens with two attached hydrogens (primary N) is 1. The van der Waals surface area contributed by atoms with Crippen LogP contribution in [0.2, 0.25) is 0 Å². The van der Waals surface area contributed by atoms with Gasteiger partial charge in [0.1, 0.15) is 6.61 Å². The van der Waals surface area contributed by atoms with Crippen LogP contribution in [0, 0.1) is 0 Å². The zero-order valence-corrected chi connectivity index (χ0v) is 33.5. The number of ether oxygens (including phenoxy) is 2. The van der Waals surface area contributed by atoms with E-state index in [0.29, 0.717) is 19.3 Å². The molecule has 0 aromatic rings. The van der Waals surface area contributed by atoms with Crippen LogP contribution in [0.1, 0.15) is 162 Å². The molecule has 0 aliphatic rings. The van der Waals surface area contributed by atoms with Crippen LogP contribution in [0.4, 0.5) is 0 Å². The molecule has 0 aliphatic carbocycles. The average Bonchev–Trinajstić information content (AvgIpc) is 3.12. The minimum Gasteiger partial charge on any atom is -0.462 e. The van der Waals surface area contributed by atoms with Crippen molar-refractivity contribution in [2.75, 3.05) is 26.4 Å². The highest BCUT2D eigenvalue weighted by atomic mass is 31.2. The van der Waals surface area contributed by atoms with Gasteiger partial charge in [-0.3, -0.25) is 18.6 Å². The summed E-state index contributed by atoms with van der Waals surface area (Å²) in [7, 11) is -4.39. The van der Waals surface area contributed by atoms with Crippen LogP contribution in [0.25, 0.3) is 0 Å². The van der Waals surface area contributed by atoms with Gasteiger partial charge in [0.2, 0.25) is 0 Å². The molecule has 0 rings (SSSR count). The minimum atomic E-state index is -4.39. The Morgan fingerprint density at radius 1 is 0.673 bits per heavy atom. The Labute approximate surface area is 316 Å². The second-order valence-electron chi connectivity index (χ2n) is 13.3. The average molecular weight is 756 g/mol. The normalized spacial score (nSPS) is 14.5. The standard InChI is InChI=1S/C41H74NO9P/c1-3-5-7-8-9-10-11-12-13-14-15-18-21-24-28-32-40(44)48-36-39(37-50-52(46,47)49-35-34-42)51-41(45)33-29-25-22-19-16-17-20-23-27-31-38(43)30-26-6-4-2/h6,10-11,20,23,26-27,31,38-39,43H,3-5,7-9,12-19,21-22,24-25,28-30,32-37,42H2,1-2H3,(H,46,47)/b11-10-,23-20+,26-6+,31-27+/t38?,39-/m1/s1. The lowest BCUT2D eigenvalue weighted by atomic mass is 10.1. The maximum atomic E-state index is 12.5. The number of hydrogen-bond acceptors (Lipinski definition) is 9. The minimum absolute atomic E-state index is 0.0390. The number of unbranched alkanes of at least 4 members (excludes halogenated alkanes) is 16. The molecule has 0 aromatic heterocycles. The summed E-state index contributed by atoms with van der Waals surface area (Å²) in [5.74, 6) is -0.891. The number of carbonyl (C=O) groups excluding carboxylic acids is 2. The van der Waals surface area contributed by atoms with Gasteiger partial charge in [-0.1, -0.05) is 133 Å². The van der Waals surface area contributed by atoms with Gasteiger partial charge in [-0.05, 0) is 64.2 Å². The molecule has 0 fully saturated rings. The molecular weight excluding hydrogens is 681 g/mol. The summed E-state index contributed by atoms with van der Waals surface area (Å²) >= 11 is 0. The Balaban J connectivity index is 4.27. The molecule has 0 amide bonds. The van der Waals surface area contributed by atoms with Gasteiger partial charge in [-0.2, -0.15) is 0 Å². The Kier molecular flexibility index (Phi) is 35.8. The zero-order valence-electron chi connectivity index (χ0n) is 32.6. The van der Waals surface area contributed by atoms with Crippen molar-refractivity contribution in [3.8, 4) is 0 Å². The van der Waals surface area contributed by atoms with E-state index in [1.54, 1.807) is 6.08 Å². The van der Waals surface area contributed by atoms with Crippen molar-refractivity contribution < 1.29 is 42.7 Å². The van der Waals surface area contributed by atoms with Crippen LogP contribution in [-0.2, 0) is 32.7 Å². The summed E-state index contributed by atoms with van der Waals surface area (Å²) in [5, 5.41) is 9.86. The number of rotatable bonds is 37. The van der Waals surface area contributed by atoms with Gasteiger partial charge >= 0.3 is 19.8 Å². The Morgan fingerprint density at radius 2 is 1.23 bits per heavy atom. The van der Waals surface area contributed by atoms with Gasteiger partial charge in [0.05, 0.1) is 19.3 Å². The fourth-order valence-corrected chi connectivity index (χ4v) is 6.02. The molecule has 0 radical (unpaired) electrons. The van der Waals surface area contributed by atoms with Crippen molar-refractivity contribution in [3.63, 3.8) is 0 Å². The van der Waals surface area contributed by atoms with E-state index < -0.39 is 38.6 Å². The fraction of sp³-hybridized carbons (Fsp3) is 0.756. The second kappa shape index (κ2) is 37.3. The van der Waals surface area contributed by atoms with E-state index in [2.05, 4.69) is 32.1 Å². The highest BCUT2D eigenvalue weighted by molar-refractivity contribution is 7.47. The van der Waals surface area contributed by atoms with E-state index in [1.165, 1.54) is 51.4 Å². The number of esters is 2. The van der Waals surface area contributed by atoms with E-state index >= 15 is 0 Å². The number of allylic oxidation sites excluding steroid dienone is 6. The Hall–Kier alpha value is -2.07. The molecule has 0 aliphatic heterocycles. The Bertz CT molecular complexity index is 1010. The van der Waals surface area contributed by atoms with Crippen molar-refractivity contribution in [1.82, 2.24) is 0 Å². The molecule has 3 atom stereocenters. The van der Waals surface area contributed by atoms with Crippen molar-refractivity contribution in [1.29, 1.82) is 0 Å². The lowest BCUT2D eigenvalue weighted by Gasteiger charge is -2.19. The maximum absolute atomic E-state index is 12.5. The van der Waals surface area contributed by atoms with Gasteiger partial charge in [-0.25, -0.2) is 4.57 Å². The molecular formula is C41H74NO9P. The van der Waals surface area contributed by atoms with Crippen LogP contribution in [-0.4, -0.2) is 60.5 Å². The quantitative estimate of drug-likeness (QED) is 0.0183. The first kappa shape index (κ1) is 49.9. The summed E-state index contributed by atoms with van der Waals surface area (Å²) in [4.78, 5) is 34.8. The Morgan fingerprint density at radius 3 is 1.83 bits per heavy atom. The van der Waals surface area contributed by atoms with Crippen molar-refractivity contribution >= 4 is 19.8 Å².